The molecular weight excluding hydrogens is 286 g/mol. The summed E-state index contributed by atoms with van der Waals surface area (Å²) in [5, 5.41) is 7.01. The first kappa shape index (κ1) is 15.9. The van der Waals surface area contributed by atoms with E-state index in [-0.39, 0.29) is 0 Å². The Morgan fingerprint density at radius 3 is 2.61 bits per heavy atom. The molecule has 5 nitrogen and oxygen atoms in total. The molecule has 5 heteroatoms. The molecule has 2 aromatic rings. The first-order valence-corrected chi connectivity index (χ1v) is 8.50. The Labute approximate surface area is 138 Å². The molecule has 0 aliphatic carbocycles. The van der Waals surface area contributed by atoms with E-state index in [1.54, 1.807) is 12.4 Å². The molecule has 3 rings (SSSR count). The summed E-state index contributed by atoms with van der Waals surface area (Å²) in [7, 11) is 0. The van der Waals surface area contributed by atoms with Crippen LogP contribution in [-0.2, 0) is 6.42 Å². The van der Waals surface area contributed by atoms with Gasteiger partial charge in [-0.05, 0) is 57.3 Å². The number of nitrogens with zero attached hydrogens (tertiary/aromatic N) is 3. The molecule has 0 unspecified atom stereocenters. The fourth-order valence-corrected chi connectivity index (χ4v) is 3.12. The lowest BCUT2D eigenvalue weighted by Crippen LogP contribution is -2.31. The SMILES string of the molecule is CCc1c(C)nc(-c2ccncc2)nc1NCC1CCNCC1. The van der Waals surface area contributed by atoms with Crippen LogP contribution in [0.4, 0.5) is 5.82 Å². The standard InChI is InChI=1S/C18H25N5/c1-3-16-13(2)22-17(15-6-10-20-11-7-15)23-18(16)21-12-14-4-8-19-9-5-14/h6-7,10-11,14,19H,3-5,8-9,12H2,1-2H3,(H,21,22,23). The van der Waals surface area contributed by atoms with Crippen LogP contribution >= 0.6 is 0 Å². The summed E-state index contributed by atoms with van der Waals surface area (Å²) in [5.74, 6) is 2.49. The molecule has 2 N–H and O–H groups in total. The van der Waals surface area contributed by atoms with Crippen LogP contribution in [0, 0.1) is 12.8 Å². The summed E-state index contributed by atoms with van der Waals surface area (Å²) in [6.07, 6.45) is 6.97. The van der Waals surface area contributed by atoms with E-state index in [9.17, 15) is 0 Å². The number of hydrogen-bond donors (Lipinski definition) is 2. The first-order valence-electron chi connectivity index (χ1n) is 8.50. The van der Waals surface area contributed by atoms with Gasteiger partial charge in [-0.15, -0.1) is 0 Å². The van der Waals surface area contributed by atoms with Crippen molar-refractivity contribution in [2.24, 2.45) is 5.92 Å². The zero-order valence-electron chi connectivity index (χ0n) is 14.0. The highest BCUT2D eigenvalue weighted by Gasteiger charge is 2.15. The summed E-state index contributed by atoms with van der Waals surface area (Å²) >= 11 is 0. The van der Waals surface area contributed by atoms with Crippen molar-refractivity contribution in [3.05, 3.63) is 35.8 Å². The number of aromatic nitrogens is 3. The van der Waals surface area contributed by atoms with E-state index >= 15 is 0 Å². The third kappa shape index (κ3) is 3.85. The minimum absolute atomic E-state index is 0.723. The maximum Gasteiger partial charge on any atom is 0.161 e. The normalized spacial score (nSPS) is 15.6. The lowest BCUT2D eigenvalue weighted by molar-refractivity contribution is 0.389. The predicted octanol–water partition coefficient (Wildman–Crippen LogP) is 2.82. The molecule has 0 radical (unpaired) electrons. The van der Waals surface area contributed by atoms with Gasteiger partial charge in [0.15, 0.2) is 5.82 Å². The molecule has 1 fully saturated rings. The second-order valence-corrected chi connectivity index (χ2v) is 6.12. The van der Waals surface area contributed by atoms with Crippen molar-refractivity contribution in [1.82, 2.24) is 20.3 Å². The lowest BCUT2D eigenvalue weighted by atomic mass is 9.98. The third-order valence-electron chi connectivity index (χ3n) is 4.52. The molecular formula is C18H25N5. The Balaban J connectivity index is 1.83. The predicted molar refractivity (Wildman–Crippen MR) is 93.5 cm³/mol. The average Bonchev–Trinajstić information content (AvgIpc) is 2.61. The zero-order valence-corrected chi connectivity index (χ0v) is 14.0. The van der Waals surface area contributed by atoms with E-state index < -0.39 is 0 Å². The monoisotopic (exact) mass is 311 g/mol. The Morgan fingerprint density at radius 2 is 1.91 bits per heavy atom. The van der Waals surface area contributed by atoms with Crippen molar-refractivity contribution < 1.29 is 0 Å². The van der Waals surface area contributed by atoms with Gasteiger partial charge in [0.2, 0.25) is 0 Å². The van der Waals surface area contributed by atoms with E-state index in [1.165, 1.54) is 18.4 Å². The van der Waals surface area contributed by atoms with Crippen LogP contribution in [0.25, 0.3) is 11.4 Å². The number of anilines is 1. The quantitative estimate of drug-likeness (QED) is 0.889. The maximum absolute atomic E-state index is 4.79. The van der Waals surface area contributed by atoms with Crippen LogP contribution in [-0.4, -0.2) is 34.6 Å². The Kier molecular flexibility index (Phi) is 5.18. The molecule has 2 aromatic heterocycles. The minimum Gasteiger partial charge on any atom is -0.369 e. The van der Waals surface area contributed by atoms with E-state index in [2.05, 4.69) is 34.4 Å². The van der Waals surface area contributed by atoms with Crippen molar-refractivity contribution in [3.8, 4) is 11.4 Å². The smallest absolute Gasteiger partial charge is 0.161 e. The Hall–Kier alpha value is -2.01. The van der Waals surface area contributed by atoms with Crippen LogP contribution in [0.2, 0.25) is 0 Å². The molecule has 1 aliphatic heterocycles. The highest BCUT2D eigenvalue weighted by atomic mass is 15.0. The van der Waals surface area contributed by atoms with E-state index in [1.807, 2.05) is 12.1 Å². The number of pyridine rings is 1. The molecule has 0 aromatic carbocycles. The van der Waals surface area contributed by atoms with Crippen LogP contribution in [0.5, 0.6) is 0 Å². The van der Waals surface area contributed by atoms with Crippen LogP contribution < -0.4 is 10.6 Å². The number of hydrogen-bond acceptors (Lipinski definition) is 5. The summed E-state index contributed by atoms with van der Waals surface area (Å²) in [6.45, 7) is 7.46. The van der Waals surface area contributed by atoms with Crippen molar-refractivity contribution in [1.29, 1.82) is 0 Å². The van der Waals surface area contributed by atoms with Gasteiger partial charge in [0.1, 0.15) is 5.82 Å². The Bertz CT molecular complexity index is 635. The van der Waals surface area contributed by atoms with Gasteiger partial charge in [-0.2, -0.15) is 0 Å². The molecule has 23 heavy (non-hydrogen) atoms. The number of piperidine rings is 1. The molecule has 0 saturated carbocycles. The highest BCUT2D eigenvalue weighted by molar-refractivity contribution is 5.59. The van der Waals surface area contributed by atoms with Gasteiger partial charge in [0, 0.05) is 35.8 Å². The topological polar surface area (TPSA) is 62.7 Å². The zero-order chi connectivity index (χ0) is 16.1. The highest BCUT2D eigenvalue weighted by Crippen LogP contribution is 2.23. The van der Waals surface area contributed by atoms with Gasteiger partial charge >= 0.3 is 0 Å². The fourth-order valence-electron chi connectivity index (χ4n) is 3.12. The molecule has 0 spiro atoms. The number of nitrogens with one attached hydrogen (secondary N) is 2. The Morgan fingerprint density at radius 1 is 1.17 bits per heavy atom. The first-order chi connectivity index (χ1) is 11.3. The van der Waals surface area contributed by atoms with Crippen LogP contribution in [0.3, 0.4) is 0 Å². The summed E-state index contributed by atoms with van der Waals surface area (Å²) in [6, 6.07) is 3.91. The van der Waals surface area contributed by atoms with Gasteiger partial charge in [-0.3, -0.25) is 4.98 Å². The van der Waals surface area contributed by atoms with Gasteiger partial charge < -0.3 is 10.6 Å². The van der Waals surface area contributed by atoms with E-state index in [4.69, 9.17) is 4.98 Å². The lowest BCUT2D eigenvalue weighted by Gasteiger charge is -2.24. The van der Waals surface area contributed by atoms with Crippen LogP contribution in [0.15, 0.2) is 24.5 Å². The second-order valence-electron chi connectivity index (χ2n) is 6.12. The summed E-state index contributed by atoms with van der Waals surface area (Å²) in [4.78, 5) is 13.5. The number of rotatable bonds is 5. The van der Waals surface area contributed by atoms with Gasteiger partial charge in [0.05, 0.1) is 0 Å². The largest absolute Gasteiger partial charge is 0.369 e. The van der Waals surface area contributed by atoms with Gasteiger partial charge in [-0.1, -0.05) is 6.92 Å². The summed E-state index contributed by atoms with van der Waals surface area (Å²) in [5.41, 5.74) is 3.29. The molecule has 1 saturated heterocycles. The summed E-state index contributed by atoms with van der Waals surface area (Å²) < 4.78 is 0. The van der Waals surface area contributed by atoms with Gasteiger partial charge in [0.25, 0.3) is 0 Å². The van der Waals surface area contributed by atoms with E-state index in [0.29, 0.717) is 0 Å². The van der Waals surface area contributed by atoms with Crippen molar-refractivity contribution in [3.63, 3.8) is 0 Å². The van der Waals surface area contributed by atoms with Crippen LogP contribution in [0.1, 0.15) is 31.0 Å². The molecule has 122 valence electrons. The number of aryl methyl sites for hydroxylation is 1. The van der Waals surface area contributed by atoms with Crippen molar-refractivity contribution in [2.75, 3.05) is 25.0 Å². The maximum atomic E-state index is 4.79. The van der Waals surface area contributed by atoms with Crippen molar-refractivity contribution >= 4 is 5.82 Å². The minimum atomic E-state index is 0.723. The molecule has 0 atom stereocenters. The molecule has 1 aliphatic rings. The van der Waals surface area contributed by atoms with E-state index in [0.717, 1.165) is 54.9 Å². The molecule has 0 bridgehead atoms. The molecule has 0 amide bonds. The molecule has 3 heterocycles. The third-order valence-corrected chi connectivity index (χ3v) is 4.52. The fraction of sp³-hybridized carbons (Fsp3) is 0.500. The van der Waals surface area contributed by atoms with Gasteiger partial charge in [-0.25, -0.2) is 9.97 Å². The van der Waals surface area contributed by atoms with Crippen molar-refractivity contribution in [2.45, 2.75) is 33.1 Å². The average molecular weight is 311 g/mol. The second kappa shape index (κ2) is 7.51.